The maximum Gasteiger partial charge on any atom is 0.279 e. The lowest BCUT2D eigenvalue weighted by atomic mass is 10.3. The number of methoxy groups -OCH3 is 2. The second-order valence-electron chi connectivity index (χ2n) is 5.84. The van der Waals surface area contributed by atoms with Gasteiger partial charge in [-0.1, -0.05) is 12.1 Å². The first-order valence-corrected chi connectivity index (χ1v) is 8.20. The van der Waals surface area contributed by atoms with Crippen LogP contribution in [-0.2, 0) is 9.59 Å². The zero-order valence-corrected chi connectivity index (χ0v) is 15.2. The third-order valence-corrected chi connectivity index (χ3v) is 3.68. The number of anilines is 2. The van der Waals surface area contributed by atoms with Crippen LogP contribution in [0.2, 0.25) is 0 Å². The van der Waals surface area contributed by atoms with Crippen LogP contribution in [0.25, 0.3) is 0 Å². The molecule has 2 aromatic rings. The summed E-state index contributed by atoms with van der Waals surface area (Å²) >= 11 is 0. The number of para-hydroxylation sites is 2. The Balaban J connectivity index is 1.82. The largest absolute Gasteiger partial charge is 0.497 e. The standard InChI is InChI=1S/C19H23N3O4/c1-22(12-18(23)20-14-8-10-15(25-2)11-9-14)13-19(24)21-16-6-4-5-7-17(16)26-3/h4-11H,12-13H2,1-3H3,(H,20,23)(H,21,24)/p+1. The number of ether oxygens (including phenoxy) is 2. The molecule has 1 atom stereocenters. The molecule has 0 heterocycles. The van der Waals surface area contributed by atoms with Gasteiger partial charge >= 0.3 is 0 Å². The van der Waals surface area contributed by atoms with Gasteiger partial charge in [-0.2, -0.15) is 0 Å². The predicted molar refractivity (Wildman–Crippen MR) is 99.9 cm³/mol. The highest BCUT2D eigenvalue weighted by Crippen LogP contribution is 2.22. The molecule has 2 rings (SSSR count). The Hall–Kier alpha value is -3.06. The second-order valence-corrected chi connectivity index (χ2v) is 5.84. The summed E-state index contributed by atoms with van der Waals surface area (Å²) < 4.78 is 10.3. The van der Waals surface area contributed by atoms with Crippen LogP contribution in [0, 0.1) is 0 Å². The molecule has 0 aliphatic heterocycles. The summed E-state index contributed by atoms with van der Waals surface area (Å²) in [5, 5.41) is 5.60. The number of carbonyl (C=O) groups is 2. The first-order chi connectivity index (χ1) is 12.5. The van der Waals surface area contributed by atoms with Crippen LogP contribution in [0.15, 0.2) is 48.5 Å². The molecule has 7 nitrogen and oxygen atoms in total. The third kappa shape index (κ3) is 5.78. The highest BCUT2D eigenvalue weighted by Gasteiger charge is 2.15. The molecule has 3 N–H and O–H groups in total. The molecule has 2 aromatic carbocycles. The van der Waals surface area contributed by atoms with Crippen LogP contribution in [0.1, 0.15) is 0 Å². The first-order valence-electron chi connectivity index (χ1n) is 8.20. The van der Waals surface area contributed by atoms with E-state index >= 15 is 0 Å². The number of nitrogens with one attached hydrogen (secondary N) is 3. The van der Waals surface area contributed by atoms with E-state index in [9.17, 15) is 9.59 Å². The lowest BCUT2D eigenvalue weighted by molar-refractivity contribution is -0.862. The minimum atomic E-state index is -0.191. The molecule has 0 fully saturated rings. The molecular weight excluding hydrogens is 334 g/mol. The van der Waals surface area contributed by atoms with Gasteiger partial charge in [0.05, 0.1) is 27.0 Å². The number of likely N-dealkylation sites (N-methyl/N-ethyl adjacent to an activating group) is 1. The summed E-state index contributed by atoms with van der Waals surface area (Å²) in [7, 11) is 4.92. The van der Waals surface area contributed by atoms with Gasteiger partial charge in [-0.15, -0.1) is 0 Å². The molecule has 0 aliphatic carbocycles. The average molecular weight is 358 g/mol. The molecule has 0 saturated carbocycles. The molecule has 0 radical (unpaired) electrons. The molecule has 7 heteroatoms. The Morgan fingerprint density at radius 1 is 0.885 bits per heavy atom. The number of amides is 2. The van der Waals surface area contributed by atoms with Crippen LogP contribution < -0.4 is 25.0 Å². The molecule has 0 aromatic heterocycles. The maximum atomic E-state index is 12.2. The van der Waals surface area contributed by atoms with Gasteiger partial charge in [0.15, 0.2) is 13.1 Å². The van der Waals surface area contributed by atoms with Crippen molar-refractivity contribution in [1.29, 1.82) is 0 Å². The summed E-state index contributed by atoms with van der Waals surface area (Å²) in [5.74, 6) is 0.955. The normalized spacial score (nSPS) is 11.3. The van der Waals surface area contributed by atoms with E-state index in [0.717, 1.165) is 10.6 Å². The van der Waals surface area contributed by atoms with Crippen molar-refractivity contribution < 1.29 is 24.0 Å². The van der Waals surface area contributed by atoms with E-state index in [1.807, 2.05) is 12.1 Å². The first kappa shape index (κ1) is 19.3. The van der Waals surface area contributed by atoms with Gasteiger partial charge in [0.2, 0.25) is 0 Å². The highest BCUT2D eigenvalue weighted by molar-refractivity contribution is 5.94. The molecule has 0 bridgehead atoms. The van der Waals surface area contributed by atoms with Crippen LogP contribution in [0.5, 0.6) is 11.5 Å². The lowest BCUT2D eigenvalue weighted by Crippen LogP contribution is -3.11. The Morgan fingerprint density at radius 3 is 2.12 bits per heavy atom. The van der Waals surface area contributed by atoms with Crippen molar-refractivity contribution in [1.82, 2.24) is 0 Å². The molecular formula is C19H24N3O4+. The van der Waals surface area contributed by atoms with E-state index in [2.05, 4.69) is 10.6 Å². The van der Waals surface area contributed by atoms with Gasteiger partial charge in [-0.25, -0.2) is 0 Å². The van der Waals surface area contributed by atoms with Crippen LogP contribution >= 0.6 is 0 Å². The summed E-state index contributed by atoms with van der Waals surface area (Å²) in [4.78, 5) is 25.0. The van der Waals surface area contributed by atoms with Crippen molar-refractivity contribution in [3.8, 4) is 11.5 Å². The van der Waals surface area contributed by atoms with E-state index in [-0.39, 0.29) is 24.9 Å². The lowest BCUT2D eigenvalue weighted by Gasteiger charge is -2.15. The highest BCUT2D eigenvalue weighted by atomic mass is 16.5. The van der Waals surface area contributed by atoms with E-state index in [4.69, 9.17) is 9.47 Å². The zero-order chi connectivity index (χ0) is 18.9. The Labute approximate surface area is 152 Å². The second kappa shape index (κ2) is 9.43. The fraction of sp³-hybridized carbons (Fsp3) is 0.263. The fourth-order valence-electron chi connectivity index (χ4n) is 2.43. The van der Waals surface area contributed by atoms with Gasteiger partial charge in [0.25, 0.3) is 11.8 Å². The quantitative estimate of drug-likeness (QED) is 0.652. The monoisotopic (exact) mass is 358 g/mol. The number of hydrogen-bond acceptors (Lipinski definition) is 4. The van der Waals surface area contributed by atoms with Crippen molar-refractivity contribution in [2.75, 3.05) is 45.0 Å². The van der Waals surface area contributed by atoms with Crippen molar-refractivity contribution >= 4 is 23.2 Å². The van der Waals surface area contributed by atoms with Gasteiger partial charge in [-0.3, -0.25) is 9.59 Å². The minimum Gasteiger partial charge on any atom is -0.497 e. The molecule has 2 amide bonds. The number of carbonyl (C=O) groups excluding carboxylic acids is 2. The number of benzene rings is 2. The van der Waals surface area contributed by atoms with Gasteiger partial charge in [-0.05, 0) is 36.4 Å². The molecule has 0 saturated heterocycles. The molecule has 0 aliphatic rings. The topological polar surface area (TPSA) is 81.1 Å². The van der Waals surface area contributed by atoms with Crippen molar-refractivity contribution in [2.45, 2.75) is 0 Å². The Bertz CT molecular complexity index is 747. The van der Waals surface area contributed by atoms with Gasteiger partial charge < -0.3 is 25.0 Å². The van der Waals surface area contributed by atoms with E-state index in [1.54, 1.807) is 57.7 Å². The van der Waals surface area contributed by atoms with Crippen LogP contribution in [0.3, 0.4) is 0 Å². The molecule has 0 spiro atoms. The molecule has 1 unspecified atom stereocenters. The molecule has 138 valence electrons. The maximum absolute atomic E-state index is 12.2. The third-order valence-electron chi connectivity index (χ3n) is 3.68. The Kier molecular flexibility index (Phi) is 6.99. The predicted octanol–water partition coefficient (Wildman–Crippen LogP) is 0.796. The van der Waals surface area contributed by atoms with E-state index in [0.29, 0.717) is 17.1 Å². The fourth-order valence-corrected chi connectivity index (χ4v) is 2.43. The SMILES string of the molecule is COc1ccc(NC(=O)C[NH+](C)CC(=O)Nc2ccccc2OC)cc1. The summed E-state index contributed by atoms with van der Waals surface area (Å²) in [5.41, 5.74) is 1.29. The summed E-state index contributed by atoms with van der Waals surface area (Å²) in [6, 6.07) is 14.3. The summed E-state index contributed by atoms with van der Waals surface area (Å²) in [6.45, 7) is 0.333. The smallest absolute Gasteiger partial charge is 0.279 e. The minimum absolute atomic E-state index is 0.161. The van der Waals surface area contributed by atoms with Crippen molar-refractivity contribution in [2.24, 2.45) is 0 Å². The van der Waals surface area contributed by atoms with E-state index in [1.165, 1.54) is 0 Å². The van der Waals surface area contributed by atoms with Crippen LogP contribution in [0.4, 0.5) is 11.4 Å². The number of rotatable bonds is 8. The van der Waals surface area contributed by atoms with Crippen molar-refractivity contribution in [3.05, 3.63) is 48.5 Å². The van der Waals surface area contributed by atoms with E-state index < -0.39 is 0 Å². The average Bonchev–Trinajstić information content (AvgIpc) is 2.62. The van der Waals surface area contributed by atoms with Crippen molar-refractivity contribution in [3.63, 3.8) is 0 Å². The van der Waals surface area contributed by atoms with Gasteiger partial charge in [0.1, 0.15) is 11.5 Å². The zero-order valence-electron chi connectivity index (χ0n) is 15.2. The number of quaternary nitrogens is 1. The Morgan fingerprint density at radius 2 is 1.50 bits per heavy atom. The number of hydrogen-bond donors (Lipinski definition) is 3. The summed E-state index contributed by atoms with van der Waals surface area (Å²) in [6.07, 6.45) is 0. The van der Waals surface area contributed by atoms with Gasteiger partial charge in [0, 0.05) is 5.69 Å². The molecule has 26 heavy (non-hydrogen) atoms. The van der Waals surface area contributed by atoms with Crippen LogP contribution in [-0.4, -0.2) is 46.2 Å².